The molecule has 106 valence electrons. The second kappa shape index (κ2) is 5.80. The van der Waals surface area contributed by atoms with E-state index in [1.54, 1.807) is 6.26 Å². The van der Waals surface area contributed by atoms with Crippen molar-refractivity contribution >= 4 is 0 Å². The van der Waals surface area contributed by atoms with Crippen LogP contribution in [0.15, 0.2) is 35.1 Å². The Balaban J connectivity index is 1.93. The largest absolute Gasteiger partial charge is 0.467 e. The molecule has 3 rings (SSSR count). The van der Waals surface area contributed by atoms with Crippen LogP contribution in [0.2, 0.25) is 0 Å². The number of nitrogens with one attached hydrogen (secondary N) is 1. The molecule has 0 spiro atoms. The number of fused-ring (bicyclic) bond motifs is 1. The van der Waals surface area contributed by atoms with Crippen LogP contribution in [0.25, 0.3) is 0 Å². The number of hydrogen-bond donors (Lipinski definition) is 1. The highest BCUT2D eigenvalue weighted by atomic mass is 16.3. The SMILES string of the molecule is CCCNC(c1occc1C)C1CCc2cccnc21. The normalized spacial score (nSPS) is 19.0. The highest BCUT2D eigenvalue weighted by Crippen LogP contribution is 2.41. The molecule has 3 nitrogen and oxygen atoms in total. The summed E-state index contributed by atoms with van der Waals surface area (Å²) in [6.07, 6.45) is 7.09. The maximum absolute atomic E-state index is 5.76. The molecule has 1 aliphatic rings. The van der Waals surface area contributed by atoms with Crippen LogP contribution in [0, 0.1) is 6.92 Å². The van der Waals surface area contributed by atoms with E-state index in [1.165, 1.54) is 16.8 Å². The quantitative estimate of drug-likeness (QED) is 0.899. The van der Waals surface area contributed by atoms with Crippen LogP contribution in [-0.4, -0.2) is 11.5 Å². The number of furan rings is 1. The van der Waals surface area contributed by atoms with Crippen molar-refractivity contribution in [2.45, 2.75) is 45.1 Å². The Morgan fingerprint density at radius 2 is 2.35 bits per heavy atom. The van der Waals surface area contributed by atoms with Gasteiger partial charge in [-0.2, -0.15) is 0 Å². The summed E-state index contributed by atoms with van der Waals surface area (Å²) in [6.45, 7) is 5.32. The molecular weight excluding hydrogens is 248 g/mol. The van der Waals surface area contributed by atoms with Crippen LogP contribution < -0.4 is 5.32 Å². The number of hydrogen-bond acceptors (Lipinski definition) is 3. The summed E-state index contributed by atoms with van der Waals surface area (Å²) in [4.78, 5) is 4.63. The standard InChI is InChI=1S/C17H22N2O/c1-3-9-18-16(17-12(2)8-11-20-17)14-7-6-13-5-4-10-19-15(13)14/h4-5,8,10-11,14,16,18H,3,6-7,9H2,1-2H3. The van der Waals surface area contributed by atoms with Gasteiger partial charge in [0.25, 0.3) is 0 Å². The Kier molecular flexibility index (Phi) is 3.88. The monoisotopic (exact) mass is 270 g/mol. The first kappa shape index (κ1) is 13.4. The summed E-state index contributed by atoms with van der Waals surface area (Å²) < 4.78 is 5.76. The van der Waals surface area contributed by atoms with Crippen molar-refractivity contribution in [3.8, 4) is 0 Å². The zero-order valence-electron chi connectivity index (χ0n) is 12.2. The van der Waals surface area contributed by atoms with Gasteiger partial charge >= 0.3 is 0 Å². The number of aryl methyl sites for hydroxylation is 2. The van der Waals surface area contributed by atoms with Crippen LogP contribution in [0.4, 0.5) is 0 Å². The van der Waals surface area contributed by atoms with Crippen LogP contribution in [-0.2, 0) is 6.42 Å². The molecule has 0 saturated heterocycles. The zero-order valence-corrected chi connectivity index (χ0v) is 12.2. The molecule has 0 amide bonds. The van der Waals surface area contributed by atoms with Crippen LogP contribution in [0.3, 0.4) is 0 Å². The average molecular weight is 270 g/mol. The highest BCUT2D eigenvalue weighted by Gasteiger charge is 2.33. The summed E-state index contributed by atoms with van der Waals surface area (Å²) >= 11 is 0. The van der Waals surface area contributed by atoms with Crippen LogP contribution in [0.5, 0.6) is 0 Å². The van der Waals surface area contributed by atoms with Gasteiger partial charge in [0, 0.05) is 17.8 Å². The second-order valence-electron chi connectivity index (χ2n) is 5.59. The lowest BCUT2D eigenvalue weighted by atomic mass is 9.93. The Morgan fingerprint density at radius 3 is 3.10 bits per heavy atom. The van der Waals surface area contributed by atoms with Gasteiger partial charge in [-0.25, -0.2) is 0 Å². The van der Waals surface area contributed by atoms with Gasteiger partial charge in [-0.3, -0.25) is 4.98 Å². The molecule has 20 heavy (non-hydrogen) atoms. The van der Waals surface area contributed by atoms with Crippen molar-refractivity contribution in [3.63, 3.8) is 0 Å². The van der Waals surface area contributed by atoms with Gasteiger partial charge in [0.1, 0.15) is 5.76 Å². The first-order valence-corrected chi connectivity index (χ1v) is 7.52. The number of aromatic nitrogens is 1. The molecule has 0 fully saturated rings. The van der Waals surface area contributed by atoms with Crippen LogP contribution >= 0.6 is 0 Å². The van der Waals surface area contributed by atoms with Crippen molar-refractivity contribution in [2.24, 2.45) is 0 Å². The summed E-state index contributed by atoms with van der Waals surface area (Å²) in [7, 11) is 0. The van der Waals surface area contributed by atoms with Crippen molar-refractivity contribution in [1.82, 2.24) is 10.3 Å². The molecule has 2 aromatic rings. The molecule has 0 aliphatic heterocycles. The molecule has 2 unspecified atom stereocenters. The minimum absolute atomic E-state index is 0.237. The summed E-state index contributed by atoms with van der Waals surface area (Å²) in [5, 5.41) is 3.66. The molecule has 2 atom stereocenters. The minimum Gasteiger partial charge on any atom is -0.467 e. The molecule has 0 radical (unpaired) electrons. The zero-order chi connectivity index (χ0) is 13.9. The fourth-order valence-electron chi connectivity index (χ4n) is 3.19. The van der Waals surface area contributed by atoms with E-state index in [9.17, 15) is 0 Å². The fourth-order valence-corrected chi connectivity index (χ4v) is 3.19. The van der Waals surface area contributed by atoms with Gasteiger partial charge in [0.2, 0.25) is 0 Å². The van der Waals surface area contributed by atoms with E-state index in [2.05, 4.69) is 30.2 Å². The van der Waals surface area contributed by atoms with Crippen molar-refractivity contribution < 1.29 is 4.42 Å². The van der Waals surface area contributed by atoms with Gasteiger partial charge in [-0.05, 0) is 56.0 Å². The van der Waals surface area contributed by atoms with E-state index in [1.807, 2.05) is 18.3 Å². The smallest absolute Gasteiger partial charge is 0.124 e. The van der Waals surface area contributed by atoms with E-state index in [0.29, 0.717) is 5.92 Å². The summed E-state index contributed by atoms with van der Waals surface area (Å²) in [5.74, 6) is 1.49. The molecule has 2 aromatic heterocycles. The third-order valence-corrected chi connectivity index (χ3v) is 4.20. The number of nitrogens with zero attached hydrogens (tertiary/aromatic N) is 1. The maximum Gasteiger partial charge on any atom is 0.124 e. The Morgan fingerprint density at radius 1 is 1.45 bits per heavy atom. The number of rotatable bonds is 5. The van der Waals surface area contributed by atoms with Crippen molar-refractivity contribution in [2.75, 3.05) is 6.54 Å². The molecule has 1 N–H and O–H groups in total. The molecule has 0 saturated carbocycles. The predicted octanol–water partition coefficient (Wildman–Crippen LogP) is 3.75. The average Bonchev–Trinajstić information content (AvgIpc) is 3.07. The minimum atomic E-state index is 0.237. The second-order valence-corrected chi connectivity index (χ2v) is 5.59. The first-order chi connectivity index (χ1) is 9.81. The van der Waals surface area contributed by atoms with Gasteiger partial charge in [-0.1, -0.05) is 13.0 Å². The topological polar surface area (TPSA) is 38.1 Å². The highest BCUT2D eigenvalue weighted by molar-refractivity contribution is 5.33. The van der Waals surface area contributed by atoms with E-state index in [0.717, 1.165) is 31.6 Å². The predicted molar refractivity (Wildman–Crippen MR) is 79.8 cm³/mol. The Hall–Kier alpha value is -1.61. The summed E-state index contributed by atoms with van der Waals surface area (Å²) in [6, 6.07) is 6.52. The number of pyridine rings is 1. The lowest BCUT2D eigenvalue weighted by molar-refractivity contribution is 0.358. The molecular formula is C17H22N2O. The molecule has 2 heterocycles. The van der Waals surface area contributed by atoms with E-state index >= 15 is 0 Å². The van der Waals surface area contributed by atoms with Crippen molar-refractivity contribution in [1.29, 1.82) is 0 Å². The Bertz CT molecular complexity index is 576. The van der Waals surface area contributed by atoms with Gasteiger partial charge < -0.3 is 9.73 Å². The molecule has 0 bridgehead atoms. The fraction of sp³-hybridized carbons (Fsp3) is 0.471. The summed E-state index contributed by atoms with van der Waals surface area (Å²) in [5.41, 5.74) is 3.87. The van der Waals surface area contributed by atoms with Gasteiger partial charge in [0.15, 0.2) is 0 Å². The van der Waals surface area contributed by atoms with Gasteiger partial charge in [0.05, 0.1) is 12.3 Å². The van der Waals surface area contributed by atoms with E-state index in [-0.39, 0.29) is 6.04 Å². The third kappa shape index (κ3) is 2.38. The molecule has 1 aliphatic carbocycles. The Labute approximate surface area is 120 Å². The van der Waals surface area contributed by atoms with E-state index < -0.39 is 0 Å². The molecule has 3 heteroatoms. The molecule has 0 aromatic carbocycles. The lowest BCUT2D eigenvalue weighted by Gasteiger charge is -2.24. The van der Waals surface area contributed by atoms with Crippen molar-refractivity contribution in [3.05, 3.63) is 53.2 Å². The van der Waals surface area contributed by atoms with Crippen LogP contribution in [0.1, 0.15) is 54.3 Å². The van der Waals surface area contributed by atoms with Gasteiger partial charge in [-0.15, -0.1) is 0 Å². The maximum atomic E-state index is 5.76. The first-order valence-electron chi connectivity index (χ1n) is 7.52. The van der Waals surface area contributed by atoms with E-state index in [4.69, 9.17) is 4.42 Å². The lowest BCUT2D eigenvalue weighted by Crippen LogP contribution is -2.27. The third-order valence-electron chi connectivity index (χ3n) is 4.20.